The van der Waals surface area contributed by atoms with Crippen LogP contribution in [0.3, 0.4) is 0 Å². The van der Waals surface area contributed by atoms with Crippen LogP contribution in [0.4, 0.5) is 13.2 Å². The molecule has 0 aromatic heterocycles. The van der Waals surface area contributed by atoms with Gasteiger partial charge in [0.05, 0.1) is 12.2 Å². The van der Waals surface area contributed by atoms with E-state index in [9.17, 15) is 22.8 Å². The van der Waals surface area contributed by atoms with Crippen molar-refractivity contribution in [1.82, 2.24) is 4.90 Å². The van der Waals surface area contributed by atoms with Gasteiger partial charge in [-0.1, -0.05) is 42.5 Å². The summed E-state index contributed by atoms with van der Waals surface area (Å²) in [5, 5.41) is 1.25. The molecule has 4 nitrogen and oxygen atoms in total. The molecule has 166 valence electrons. The van der Waals surface area contributed by atoms with Crippen molar-refractivity contribution in [2.24, 2.45) is 0 Å². The molecule has 4 rings (SSSR count). The summed E-state index contributed by atoms with van der Waals surface area (Å²) in [7, 11) is 0. The molecule has 0 spiro atoms. The summed E-state index contributed by atoms with van der Waals surface area (Å²) >= 11 is 1.33. The van der Waals surface area contributed by atoms with Crippen LogP contribution < -0.4 is 0 Å². The van der Waals surface area contributed by atoms with Gasteiger partial charge in [0.2, 0.25) is 0 Å². The number of ether oxygens (including phenoxy) is 1. The largest absolute Gasteiger partial charge is 0.464 e. The molecule has 32 heavy (non-hydrogen) atoms. The van der Waals surface area contributed by atoms with Crippen LogP contribution in [-0.4, -0.2) is 35.2 Å². The number of benzene rings is 3. The van der Waals surface area contributed by atoms with Gasteiger partial charge in [-0.15, -0.1) is 11.8 Å². The number of alkyl halides is 3. The molecule has 0 radical (unpaired) electrons. The van der Waals surface area contributed by atoms with E-state index >= 15 is 0 Å². The van der Waals surface area contributed by atoms with Crippen LogP contribution in [-0.2, 0) is 15.7 Å². The third kappa shape index (κ3) is 4.32. The third-order valence-electron chi connectivity index (χ3n) is 5.31. The number of hydrogen-bond acceptors (Lipinski definition) is 4. The van der Waals surface area contributed by atoms with E-state index in [1.165, 1.54) is 28.8 Å². The maximum Gasteiger partial charge on any atom is 0.416 e. The second-order valence-electron chi connectivity index (χ2n) is 7.35. The number of rotatable bonds is 4. The van der Waals surface area contributed by atoms with E-state index in [0.717, 1.165) is 22.9 Å². The Morgan fingerprint density at radius 3 is 2.38 bits per heavy atom. The minimum absolute atomic E-state index is 0.170. The molecule has 1 fully saturated rings. The number of fused-ring (bicyclic) bond motifs is 1. The van der Waals surface area contributed by atoms with Gasteiger partial charge in [-0.05, 0) is 47.5 Å². The van der Waals surface area contributed by atoms with Gasteiger partial charge in [-0.2, -0.15) is 13.2 Å². The van der Waals surface area contributed by atoms with Crippen LogP contribution in [0, 0.1) is 0 Å². The van der Waals surface area contributed by atoms with Crippen LogP contribution in [0.2, 0.25) is 0 Å². The molecular formula is C24H20F3NO3S. The van der Waals surface area contributed by atoms with Gasteiger partial charge in [-0.3, -0.25) is 4.79 Å². The molecule has 0 bridgehead atoms. The highest BCUT2D eigenvalue weighted by molar-refractivity contribution is 7.99. The zero-order valence-electron chi connectivity index (χ0n) is 17.1. The molecule has 0 saturated carbocycles. The van der Waals surface area contributed by atoms with Crippen molar-refractivity contribution < 1.29 is 27.5 Å². The lowest BCUT2D eigenvalue weighted by molar-refractivity contribution is -0.147. The molecule has 1 aliphatic heterocycles. The molecule has 3 aromatic rings. The van der Waals surface area contributed by atoms with Crippen molar-refractivity contribution in [3.63, 3.8) is 0 Å². The Morgan fingerprint density at radius 1 is 1.03 bits per heavy atom. The first-order valence-corrected chi connectivity index (χ1v) is 11.1. The lowest BCUT2D eigenvalue weighted by atomic mass is 10.0. The van der Waals surface area contributed by atoms with Crippen molar-refractivity contribution in [1.29, 1.82) is 0 Å². The maximum absolute atomic E-state index is 13.5. The van der Waals surface area contributed by atoms with Crippen molar-refractivity contribution in [3.8, 4) is 0 Å². The zero-order chi connectivity index (χ0) is 22.9. The number of carbonyl (C=O) groups is 2. The summed E-state index contributed by atoms with van der Waals surface area (Å²) in [6, 6.07) is 16.7. The van der Waals surface area contributed by atoms with E-state index in [1.54, 1.807) is 19.1 Å². The summed E-state index contributed by atoms with van der Waals surface area (Å²) in [6.45, 7) is 1.85. The van der Waals surface area contributed by atoms with Gasteiger partial charge in [0.15, 0.2) is 0 Å². The Kier molecular flexibility index (Phi) is 6.15. The highest BCUT2D eigenvalue weighted by Crippen LogP contribution is 2.43. The second-order valence-corrected chi connectivity index (χ2v) is 8.46. The summed E-state index contributed by atoms with van der Waals surface area (Å²) in [5.41, 5.74) is 0.153. The van der Waals surface area contributed by atoms with Crippen LogP contribution in [0.1, 0.15) is 33.8 Å². The first-order valence-electron chi connectivity index (χ1n) is 10.1. The first kappa shape index (κ1) is 22.2. The molecular weight excluding hydrogens is 439 g/mol. The van der Waals surface area contributed by atoms with Gasteiger partial charge >= 0.3 is 12.1 Å². The Labute approximate surface area is 187 Å². The van der Waals surface area contributed by atoms with Crippen LogP contribution in [0.5, 0.6) is 0 Å². The Balaban J connectivity index is 1.71. The van der Waals surface area contributed by atoms with E-state index in [1.807, 2.05) is 30.3 Å². The SMILES string of the molecule is CCOC(=O)C1CSC(c2ccc(C(F)(F)F)cc2)N1C(=O)c1ccc2ccccc2c1. The monoisotopic (exact) mass is 459 g/mol. The molecule has 0 aliphatic carbocycles. The summed E-state index contributed by atoms with van der Waals surface area (Å²) in [4.78, 5) is 27.6. The predicted octanol–water partition coefficient (Wildman–Crippen LogP) is 5.68. The Hall–Kier alpha value is -3.00. The molecule has 3 aromatic carbocycles. The second kappa shape index (κ2) is 8.86. The average Bonchev–Trinajstić information content (AvgIpc) is 3.23. The number of halogens is 3. The fourth-order valence-electron chi connectivity index (χ4n) is 3.74. The van der Waals surface area contributed by atoms with Gasteiger partial charge in [0.1, 0.15) is 11.4 Å². The lowest BCUT2D eigenvalue weighted by Crippen LogP contribution is -2.43. The van der Waals surface area contributed by atoms with Gasteiger partial charge in [-0.25, -0.2) is 4.79 Å². The Bertz CT molecular complexity index is 1150. The number of carbonyl (C=O) groups excluding carboxylic acids is 2. The molecule has 1 heterocycles. The number of hydrogen-bond donors (Lipinski definition) is 0. The predicted molar refractivity (Wildman–Crippen MR) is 117 cm³/mol. The lowest BCUT2D eigenvalue weighted by Gasteiger charge is -2.29. The van der Waals surface area contributed by atoms with Gasteiger partial charge in [0.25, 0.3) is 5.91 Å². The normalized spacial score (nSPS) is 18.7. The van der Waals surface area contributed by atoms with Crippen molar-refractivity contribution in [3.05, 3.63) is 83.4 Å². The number of esters is 1. The smallest absolute Gasteiger partial charge is 0.416 e. The quantitative estimate of drug-likeness (QED) is 0.471. The highest BCUT2D eigenvalue weighted by Gasteiger charge is 2.43. The number of amides is 1. The van der Waals surface area contributed by atoms with Crippen molar-refractivity contribution >= 4 is 34.4 Å². The highest BCUT2D eigenvalue weighted by atomic mass is 32.2. The van der Waals surface area contributed by atoms with E-state index in [-0.39, 0.29) is 12.5 Å². The van der Waals surface area contributed by atoms with Gasteiger partial charge < -0.3 is 9.64 Å². The van der Waals surface area contributed by atoms with Crippen molar-refractivity contribution in [2.75, 3.05) is 12.4 Å². The molecule has 1 saturated heterocycles. The molecule has 2 atom stereocenters. The van der Waals surface area contributed by atoms with Crippen LogP contribution in [0.25, 0.3) is 10.8 Å². The molecule has 8 heteroatoms. The molecule has 1 amide bonds. The number of thioether (sulfide) groups is 1. The summed E-state index contributed by atoms with van der Waals surface area (Å²) in [5.74, 6) is -0.601. The summed E-state index contributed by atoms with van der Waals surface area (Å²) < 4.78 is 44.1. The Morgan fingerprint density at radius 2 is 1.72 bits per heavy atom. The average molecular weight is 459 g/mol. The van der Waals surface area contributed by atoms with E-state index < -0.39 is 29.1 Å². The number of nitrogens with zero attached hydrogens (tertiary/aromatic N) is 1. The minimum atomic E-state index is -4.45. The van der Waals surface area contributed by atoms with Crippen molar-refractivity contribution in [2.45, 2.75) is 24.5 Å². The van der Waals surface area contributed by atoms with E-state index in [2.05, 4.69) is 0 Å². The molecule has 1 aliphatic rings. The topological polar surface area (TPSA) is 46.6 Å². The fraction of sp³-hybridized carbons (Fsp3) is 0.250. The minimum Gasteiger partial charge on any atom is -0.464 e. The van der Waals surface area contributed by atoms with E-state index in [0.29, 0.717) is 16.9 Å². The van der Waals surface area contributed by atoms with Crippen LogP contribution >= 0.6 is 11.8 Å². The van der Waals surface area contributed by atoms with Crippen LogP contribution in [0.15, 0.2) is 66.7 Å². The fourth-order valence-corrected chi connectivity index (χ4v) is 5.15. The van der Waals surface area contributed by atoms with Gasteiger partial charge in [0, 0.05) is 11.3 Å². The summed E-state index contributed by atoms with van der Waals surface area (Å²) in [6.07, 6.45) is -4.45. The standard InChI is InChI=1S/C24H20F3NO3S/c1-2-31-23(30)20-14-32-22(16-9-11-19(12-10-16)24(25,26)27)28(20)21(29)18-8-7-15-5-3-4-6-17(15)13-18/h3-13,20,22H,2,14H2,1H3. The first-order chi connectivity index (χ1) is 15.3. The zero-order valence-corrected chi connectivity index (χ0v) is 18.0. The van der Waals surface area contributed by atoms with E-state index in [4.69, 9.17) is 4.74 Å². The molecule has 0 N–H and O–H groups in total. The third-order valence-corrected chi connectivity index (χ3v) is 6.64. The maximum atomic E-state index is 13.5. The molecule has 2 unspecified atom stereocenters.